The van der Waals surface area contributed by atoms with E-state index in [2.05, 4.69) is 11.4 Å². The molecule has 1 fully saturated rings. The fourth-order valence-corrected chi connectivity index (χ4v) is 5.03. The fourth-order valence-electron chi connectivity index (χ4n) is 4.11. The maximum absolute atomic E-state index is 13.5. The molecule has 1 saturated carbocycles. The van der Waals surface area contributed by atoms with Crippen LogP contribution in [0.4, 0.5) is 0 Å². The van der Waals surface area contributed by atoms with E-state index in [1.165, 1.54) is 16.0 Å². The summed E-state index contributed by atoms with van der Waals surface area (Å²) in [4.78, 5) is 31.4. The highest BCUT2D eigenvalue weighted by molar-refractivity contribution is 7.10. The van der Waals surface area contributed by atoms with Gasteiger partial charge in [-0.25, -0.2) is 0 Å². The number of carbonyl (C=O) groups excluding carboxylic acids is 2. The lowest BCUT2D eigenvalue weighted by Crippen LogP contribution is -2.53. The number of rotatable bonds is 6. The highest BCUT2D eigenvalue weighted by atomic mass is 32.1. The largest absolute Gasteiger partial charge is 0.491 e. The van der Waals surface area contributed by atoms with Gasteiger partial charge in [0.25, 0.3) is 0 Å². The number of hydrogen-bond acceptors (Lipinski definition) is 4. The second kappa shape index (κ2) is 8.65. The molecule has 0 radical (unpaired) electrons. The standard InChI is InChI=1S/C25H32N2O3S/c1-17-5-9-19(10-6-17)30-16-21-20-12-14-31-22(20)11-13-26(21)23(28)15-27(25(2,3)4)24(29)18-7-8-18/h5-6,9-10,12,14,18,21H,7-8,11,13,15-16H2,1-4H3/t21-/m1/s1. The van der Waals surface area contributed by atoms with Gasteiger partial charge in [0.2, 0.25) is 11.8 Å². The molecule has 0 saturated heterocycles. The van der Waals surface area contributed by atoms with Crippen molar-refractivity contribution in [1.29, 1.82) is 0 Å². The topological polar surface area (TPSA) is 49.9 Å². The van der Waals surface area contributed by atoms with Gasteiger partial charge in [-0.2, -0.15) is 0 Å². The maximum atomic E-state index is 13.5. The second-order valence-corrected chi connectivity index (χ2v) is 10.6. The molecule has 2 aromatic rings. The predicted molar refractivity (Wildman–Crippen MR) is 123 cm³/mol. The normalized spacial score (nSPS) is 18.5. The van der Waals surface area contributed by atoms with Crippen molar-refractivity contribution in [2.75, 3.05) is 19.7 Å². The van der Waals surface area contributed by atoms with E-state index in [0.717, 1.165) is 25.0 Å². The first kappa shape index (κ1) is 21.9. The summed E-state index contributed by atoms with van der Waals surface area (Å²) in [7, 11) is 0. The van der Waals surface area contributed by atoms with Gasteiger partial charge in [0, 0.05) is 22.9 Å². The van der Waals surface area contributed by atoms with Gasteiger partial charge < -0.3 is 14.5 Å². The van der Waals surface area contributed by atoms with E-state index in [9.17, 15) is 9.59 Å². The van der Waals surface area contributed by atoms with E-state index in [1.54, 1.807) is 16.2 Å². The average molecular weight is 441 g/mol. The maximum Gasteiger partial charge on any atom is 0.242 e. The summed E-state index contributed by atoms with van der Waals surface area (Å²) in [6, 6.07) is 9.96. The molecular formula is C25H32N2O3S. The van der Waals surface area contributed by atoms with Crippen LogP contribution in [0.3, 0.4) is 0 Å². The van der Waals surface area contributed by atoms with Crippen molar-refractivity contribution >= 4 is 23.2 Å². The van der Waals surface area contributed by atoms with E-state index in [4.69, 9.17) is 4.74 Å². The third-order valence-corrected chi connectivity index (χ3v) is 7.14. The smallest absolute Gasteiger partial charge is 0.242 e. The first-order valence-corrected chi connectivity index (χ1v) is 12.0. The lowest BCUT2D eigenvalue weighted by molar-refractivity contribution is -0.147. The Balaban J connectivity index is 1.52. The molecule has 2 heterocycles. The van der Waals surface area contributed by atoms with Crippen LogP contribution in [0, 0.1) is 12.8 Å². The number of thiophene rings is 1. The summed E-state index contributed by atoms with van der Waals surface area (Å²) in [5.74, 6) is 1.01. The molecule has 0 bridgehead atoms. The molecule has 1 aromatic heterocycles. The van der Waals surface area contributed by atoms with Gasteiger partial charge in [0.15, 0.2) is 0 Å². The summed E-state index contributed by atoms with van der Waals surface area (Å²) in [5.41, 5.74) is 1.98. The minimum absolute atomic E-state index is 0.00159. The average Bonchev–Trinajstić information content (AvgIpc) is 3.47. The molecule has 1 atom stereocenters. The van der Waals surface area contributed by atoms with E-state index in [0.29, 0.717) is 13.2 Å². The molecule has 0 unspecified atom stereocenters. The monoisotopic (exact) mass is 440 g/mol. The van der Waals surface area contributed by atoms with Crippen molar-refractivity contribution in [2.45, 2.75) is 58.5 Å². The van der Waals surface area contributed by atoms with Gasteiger partial charge >= 0.3 is 0 Å². The Hall–Kier alpha value is -2.34. The molecule has 5 nitrogen and oxygen atoms in total. The number of benzene rings is 1. The molecule has 1 aliphatic carbocycles. The molecule has 6 heteroatoms. The van der Waals surface area contributed by atoms with Gasteiger partial charge in [-0.05, 0) is 76.1 Å². The highest BCUT2D eigenvalue weighted by Crippen LogP contribution is 2.36. The molecule has 0 N–H and O–H groups in total. The van der Waals surface area contributed by atoms with E-state index >= 15 is 0 Å². The number of aryl methyl sites for hydroxylation is 1. The Labute approximate surface area is 189 Å². The molecule has 166 valence electrons. The molecular weight excluding hydrogens is 408 g/mol. The molecule has 4 rings (SSSR count). The second-order valence-electron chi connectivity index (χ2n) is 9.65. The van der Waals surface area contributed by atoms with Crippen LogP contribution < -0.4 is 4.74 Å². The minimum atomic E-state index is -0.382. The van der Waals surface area contributed by atoms with Gasteiger partial charge in [0.05, 0.1) is 6.04 Å². The molecule has 2 amide bonds. The number of carbonyl (C=O) groups is 2. The van der Waals surface area contributed by atoms with Crippen LogP contribution in [0.5, 0.6) is 5.75 Å². The number of ether oxygens (including phenoxy) is 1. The number of amides is 2. The summed E-state index contributed by atoms with van der Waals surface area (Å²) in [5, 5.41) is 2.09. The quantitative estimate of drug-likeness (QED) is 0.660. The van der Waals surface area contributed by atoms with Crippen molar-refractivity contribution in [3.05, 3.63) is 51.7 Å². The summed E-state index contributed by atoms with van der Waals surface area (Å²) in [6.07, 6.45) is 2.73. The van der Waals surface area contributed by atoms with Crippen molar-refractivity contribution in [3.8, 4) is 5.75 Å². The fraction of sp³-hybridized carbons (Fsp3) is 0.520. The predicted octanol–water partition coefficient (Wildman–Crippen LogP) is 4.60. The first-order chi connectivity index (χ1) is 14.7. The Bertz CT molecular complexity index is 940. The van der Waals surface area contributed by atoms with Gasteiger partial charge in [-0.3, -0.25) is 9.59 Å². The highest BCUT2D eigenvalue weighted by Gasteiger charge is 2.40. The zero-order chi connectivity index (χ0) is 22.2. The van der Waals surface area contributed by atoms with Crippen LogP contribution in [0.1, 0.15) is 55.7 Å². The van der Waals surface area contributed by atoms with E-state index < -0.39 is 0 Å². The SMILES string of the molecule is Cc1ccc(OC[C@@H]2c3ccsc3CCN2C(=O)CN(C(=O)C2CC2)C(C)(C)C)cc1. The van der Waals surface area contributed by atoms with Crippen LogP contribution in [0.15, 0.2) is 35.7 Å². The van der Waals surface area contributed by atoms with Crippen molar-refractivity contribution in [2.24, 2.45) is 5.92 Å². The summed E-state index contributed by atoms with van der Waals surface area (Å²) < 4.78 is 6.11. The van der Waals surface area contributed by atoms with Crippen LogP contribution in [0.2, 0.25) is 0 Å². The first-order valence-electron chi connectivity index (χ1n) is 11.1. The Morgan fingerprint density at radius 1 is 1.16 bits per heavy atom. The summed E-state index contributed by atoms with van der Waals surface area (Å²) >= 11 is 1.74. The zero-order valence-electron chi connectivity index (χ0n) is 18.9. The van der Waals surface area contributed by atoms with Crippen molar-refractivity contribution in [3.63, 3.8) is 0 Å². The Kier molecular flexibility index (Phi) is 6.11. The minimum Gasteiger partial charge on any atom is -0.491 e. The lowest BCUT2D eigenvalue weighted by Gasteiger charge is -2.40. The summed E-state index contributed by atoms with van der Waals surface area (Å²) in [6.45, 7) is 9.25. The zero-order valence-corrected chi connectivity index (χ0v) is 19.7. The molecule has 2 aliphatic rings. The third kappa shape index (κ3) is 4.95. The lowest BCUT2D eigenvalue weighted by atomic mass is 9.99. The molecule has 31 heavy (non-hydrogen) atoms. The van der Waals surface area contributed by atoms with Crippen LogP contribution in [0.25, 0.3) is 0 Å². The van der Waals surface area contributed by atoms with Gasteiger partial charge in [-0.15, -0.1) is 11.3 Å². The van der Waals surface area contributed by atoms with Crippen LogP contribution in [-0.2, 0) is 16.0 Å². The number of hydrogen-bond donors (Lipinski definition) is 0. The van der Waals surface area contributed by atoms with Crippen molar-refractivity contribution < 1.29 is 14.3 Å². The molecule has 1 aromatic carbocycles. The van der Waals surface area contributed by atoms with Gasteiger partial charge in [0.1, 0.15) is 18.9 Å². The number of fused-ring (bicyclic) bond motifs is 1. The Morgan fingerprint density at radius 3 is 2.52 bits per heavy atom. The van der Waals surface area contributed by atoms with E-state index in [-0.39, 0.29) is 35.9 Å². The number of nitrogens with zero attached hydrogens (tertiary/aromatic N) is 2. The van der Waals surface area contributed by atoms with Gasteiger partial charge in [-0.1, -0.05) is 17.7 Å². The third-order valence-electron chi connectivity index (χ3n) is 6.14. The van der Waals surface area contributed by atoms with Crippen molar-refractivity contribution in [1.82, 2.24) is 9.80 Å². The molecule has 0 spiro atoms. The van der Waals surface area contributed by atoms with E-state index in [1.807, 2.05) is 56.9 Å². The van der Waals surface area contributed by atoms with Crippen LogP contribution >= 0.6 is 11.3 Å². The Morgan fingerprint density at radius 2 is 1.87 bits per heavy atom. The van der Waals surface area contributed by atoms with Crippen LogP contribution in [-0.4, -0.2) is 46.8 Å². The molecule has 1 aliphatic heterocycles.